The monoisotopic (exact) mass is 1640 g/mol. The van der Waals surface area contributed by atoms with Crippen molar-refractivity contribution in [2.75, 3.05) is 26.4 Å². The predicted octanol–water partition coefficient (Wildman–Crippen LogP) is 28.7. The van der Waals surface area contributed by atoms with Crippen LogP contribution in [0.15, 0.2) is 94.8 Å². The quantitative estimate of drug-likeness (QED) is 0.0150. The van der Waals surface area contributed by atoms with Crippen LogP contribution in [-0.4, -0.2) is 114 Å². The van der Waals surface area contributed by atoms with Gasteiger partial charge in [0.1, 0.15) is 20.2 Å². The van der Waals surface area contributed by atoms with Crippen LogP contribution < -0.4 is 0 Å². The van der Waals surface area contributed by atoms with E-state index in [2.05, 4.69) is 76.3 Å². The second-order valence-corrected chi connectivity index (χ2v) is 34.1. The fourth-order valence-corrected chi connectivity index (χ4v) is 15.4. The second kappa shape index (κ2) is 80.8. The summed E-state index contributed by atoms with van der Waals surface area (Å²) in [5, 5.41) is 0. The van der Waals surface area contributed by atoms with Crippen molar-refractivity contribution >= 4 is 81.9 Å². The molecule has 14 nitrogen and oxygen atoms in total. The Labute approximate surface area is 722 Å². The summed E-state index contributed by atoms with van der Waals surface area (Å²) in [5.74, 6) is -3.61. The van der Waals surface area contributed by atoms with Gasteiger partial charge in [-0.3, -0.25) is 0 Å². The van der Waals surface area contributed by atoms with E-state index in [1.54, 1.807) is 0 Å². The molecule has 0 heterocycles. The van der Waals surface area contributed by atoms with Crippen molar-refractivity contribution < 1.29 is 64.1 Å². The molecule has 0 unspecified atom stereocenters. The Hall–Kier alpha value is -3.64. The zero-order chi connectivity index (χ0) is 81.6. The average molecular weight is 1640 g/mol. The average Bonchev–Trinajstić information content (AvgIpc) is 0.797. The number of unbranched alkanes of at least 4 members (excludes halogenated alkanes) is 56. The molecule has 113 heavy (non-hydrogen) atoms. The number of carbonyl (C=O) groups is 4. The molecule has 644 valence electrons. The Kier molecular flexibility index (Phi) is 78.2. The first-order valence-corrected chi connectivity index (χ1v) is 48.9. The molecule has 0 aliphatic heterocycles. The van der Waals surface area contributed by atoms with Gasteiger partial charge in [-0.15, -0.1) is 0 Å². The molecule has 0 saturated heterocycles. The summed E-state index contributed by atoms with van der Waals surface area (Å²) in [6.07, 6.45) is 95.0. The molecule has 2 aromatic carbocycles. The summed E-state index contributed by atoms with van der Waals surface area (Å²) in [6.45, 7) is 9.36. The van der Waals surface area contributed by atoms with Crippen LogP contribution in [0.4, 0.5) is 0 Å². The molecule has 0 aliphatic rings. The van der Waals surface area contributed by atoms with Gasteiger partial charge in [-0.05, 0) is 127 Å². The van der Waals surface area contributed by atoms with Gasteiger partial charge in [0.15, 0.2) is 0 Å². The molecule has 0 bridgehead atoms. The van der Waals surface area contributed by atoms with Crippen LogP contribution in [0.5, 0.6) is 0 Å². The first kappa shape index (κ1) is 109. The molecule has 0 atom stereocenters. The van der Waals surface area contributed by atoms with E-state index in [1.807, 2.05) is 0 Å². The maximum Gasteiger partial charge on any atom is 2.00 e. The van der Waals surface area contributed by atoms with Crippen LogP contribution in [0, 0.1) is 0 Å². The fraction of sp³-hybridized carbons (Fsp3) is 0.750. The van der Waals surface area contributed by atoms with Crippen LogP contribution in [0.1, 0.15) is 480 Å². The molecule has 0 saturated carbocycles. The van der Waals surface area contributed by atoms with Gasteiger partial charge in [0.2, 0.25) is 0 Å². The largest absolute Gasteiger partial charge is 2.00 e. The van der Waals surface area contributed by atoms with Crippen molar-refractivity contribution in [3.8, 4) is 0 Å². The molecule has 0 fully saturated rings. The molecule has 0 spiro atoms. The van der Waals surface area contributed by atoms with E-state index in [4.69, 9.17) is 18.9 Å². The molecular formula is C96H162CaO14S2. The Bertz CT molecular complexity index is 2740. The number of hydrogen-bond donors (Lipinski definition) is 0. The third-order valence-corrected chi connectivity index (χ3v) is 22.7. The van der Waals surface area contributed by atoms with Crippen molar-refractivity contribution in [2.45, 2.75) is 448 Å². The van der Waals surface area contributed by atoms with Crippen molar-refractivity contribution in [1.29, 1.82) is 0 Å². The molecule has 0 N–H and O–H groups in total. The summed E-state index contributed by atoms with van der Waals surface area (Å²) >= 11 is 0. The third-order valence-electron chi connectivity index (χ3n) is 20.9. The smallest absolute Gasteiger partial charge is 0.744 e. The molecule has 0 aromatic heterocycles. The molecule has 2 rings (SSSR count). The standard InChI is InChI=1S/2C48H82O7S.Ca/c2*1-3-5-7-9-11-13-15-17-19-21-23-25-27-29-31-33-35-37-42-54-47(49)44-40-39-41-45(56(51,52)53)46(44)48(50)55-43-38-36-34-32-30-28-26-24-22-20-18-16-14-12-10-8-6-4-2;/h2*7-10,39-41H,3-6,11-38,42-43H2,1-2H3,(H,51,52,53);/q;;+2/p-2/b2*9-7+,10-8+;. The molecule has 17 heteroatoms. The topological polar surface area (TPSA) is 220 Å². The van der Waals surface area contributed by atoms with Crippen LogP contribution in [0.2, 0.25) is 0 Å². The zero-order valence-corrected chi connectivity index (χ0v) is 76.2. The minimum atomic E-state index is -5.02. The van der Waals surface area contributed by atoms with Crippen molar-refractivity contribution in [3.05, 3.63) is 107 Å². The third kappa shape index (κ3) is 65.9. The van der Waals surface area contributed by atoms with E-state index in [9.17, 15) is 45.1 Å². The van der Waals surface area contributed by atoms with Gasteiger partial charge in [0, 0.05) is 0 Å². The first-order valence-electron chi connectivity index (χ1n) is 46.1. The van der Waals surface area contributed by atoms with Gasteiger partial charge >= 0.3 is 61.6 Å². The minimum Gasteiger partial charge on any atom is -0.744 e. The summed E-state index contributed by atoms with van der Waals surface area (Å²) in [7, 11) is -10.0. The predicted molar refractivity (Wildman–Crippen MR) is 470 cm³/mol. The molecule has 0 aliphatic carbocycles. The van der Waals surface area contributed by atoms with Crippen molar-refractivity contribution in [3.63, 3.8) is 0 Å². The Morgan fingerprint density at radius 2 is 0.407 bits per heavy atom. The summed E-state index contributed by atoms with van der Waals surface area (Å²) in [6, 6.07) is 7.27. The number of esters is 4. The SMILES string of the molecule is CCC/C=C/CCCCCCCCCCCCCCCOC(=O)c1cccc(S(=O)(=O)[O-])c1C(=O)OCCCCCCCCCCCCCCC/C=C/CCC.CCC/C=C/CCCCCCCCCCCCCCCOC(=O)c1cccc(S(=O)(=O)[O-])c1C(=O)OCCCCCCCCCCCCCCC/C=C/CCC.[Ca+2]. The molecule has 0 radical (unpaired) electrons. The summed E-state index contributed by atoms with van der Waals surface area (Å²) < 4.78 is 93.6. The Balaban J connectivity index is 0.00000220. The van der Waals surface area contributed by atoms with Crippen LogP contribution >= 0.6 is 0 Å². The minimum absolute atomic E-state index is 0. The maximum absolute atomic E-state index is 13.0. The summed E-state index contributed by atoms with van der Waals surface area (Å²) in [4.78, 5) is 50.5. The Morgan fingerprint density at radius 3 is 0.584 bits per heavy atom. The number of benzene rings is 2. The van der Waals surface area contributed by atoms with E-state index >= 15 is 0 Å². The van der Waals surface area contributed by atoms with Gasteiger partial charge < -0.3 is 28.1 Å². The van der Waals surface area contributed by atoms with Gasteiger partial charge in [-0.1, -0.05) is 397 Å². The van der Waals surface area contributed by atoms with E-state index in [1.165, 1.54) is 332 Å². The second-order valence-electron chi connectivity index (χ2n) is 31.4. The maximum atomic E-state index is 13.0. The first-order chi connectivity index (χ1) is 54.6. The van der Waals surface area contributed by atoms with Crippen molar-refractivity contribution in [2.24, 2.45) is 0 Å². The van der Waals surface area contributed by atoms with Gasteiger partial charge in [0.25, 0.3) is 0 Å². The van der Waals surface area contributed by atoms with Crippen LogP contribution in [0.25, 0.3) is 0 Å². The van der Waals surface area contributed by atoms with Crippen molar-refractivity contribution in [1.82, 2.24) is 0 Å². The van der Waals surface area contributed by atoms with Gasteiger partial charge in [-0.2, -0.15) is 0 Å². The van der Waals surface area contributed by atoms with Crippen LogP contribution in [-0.2, 0) is 39.2 Å². The van der Waals surface area contributed by atoms with E-state index in [0.29, 0.717) is 25.7 Å². The number of carbonyl (C=O) groups excluding carboxylic acids is 4. The van der Waals surface area contributed by atoms with E-state index in [-0.39, 0.29) is 75.3 Å². The molecule has 0 amide bonds. The number of rotatable bonds is 78. The molecule has 2 aromatic rings. The van der Waals surface area contributed by atoms with Gasteiger partial charge in [-0.25, -0.2) is 36.0 Å². The fourth-order valence-electron chi connectivity index (χ4n) is 14.0. The number of hydrogen-bond acceptors (Lipinski definition) is 14. The summed E-state index contributed by atoms with van der Waals surface area (Å²) in [5.41, 5.74) is -1.55. The van der Waals surface area contributed by atoms with Gasteiger partial charge in [0.05, 0.1) is 58.5 Å². The van der Waals surface area contributed by atoms with E-state index < -0.39 is 65.0 Å². The number of ether oxygens (including phenoxy) is 4. The number of allylic oxidation sites excluding steroid dienone is 8. The zero-order valence-electron chi connectivity index (χ0n) is 72.4. The molecular weight excluding hydrogens is 1480 g/mol. The Morgan fingerprint density at radius 1 is 0.248 bits per heavy atom. The van der Waals surface area contributed by atoms with Crippen LogP contribution in [0.3, 0.4) is 0 Å². The van der Waals surface area contributed by atoms with E-state index in [0.717, 1.165) is 89.2 Å². The normalized spacial score (nSPS) is 11.8.